The Morgan fingerprint density at radius 3 is 1.81 bits per heavy atom. The Morgan fingerprint density at radius 1 is 0.646 bits per heavy atom. The summed E-state index contributed by atoms with van der Waals surface area (Å²) in [5, 5.41) is 19.6. The van der Waals surface area contributed by atoms with Crippen LogP contribution in [0.4, 0.5) is 0 Å². The van der Waals surface area contributed by atoms with Crippen LogP contribution < -0.4 is 71.6 Å². The third kappa shape index (κ3) is 19.0. The zero-order chi connectivity index (χ0) is 57.8. The number of H-pyrrole nitrogens is 1. The van der Waals surface area contributed by atoms with Crippen molar-refractivity contribution in [1.82, 2.24) is 47.1 Å². The van der Waals surface area contributed by atoms with Gasteiger partial charge in [-0.1, -0.05) is 62.4 Å². The molecule has 27 heteroatoms. The Balaban J connectivity index is 1.42. The molecule has 2 saturated heterocycles. The van der Waals surface area contributed by atoms with Gasteiger partial charge in [-0.3, -0.25) is 57.9 Å². The topological polar surface area (TPSA) is 455 Å². The number of hydrogen-bond acceptors (Lipinski definition) is 12. The summed E-state index contributed by atoms with van der Waals surface area (Å²) in [5.74, 6) is -7.95. The van der Waals surface area contributed by atoms with Crippen molar-refractivity contribution in [3.8, 4) is 0 Å². The lowest BCUT2D eigenvalue weighted by Crippen LogP contribution is -2.60. The molecule has 0 saturated carbocycles. The Bertz CT molecular complexity index is 2720. The van der Waals surface area contributed by atoms with Gasteiger partial charge in [-0.2, -0.15) is 0 Å². The largest absolute Gasteiger partial charge is 0.370 e. The molecule has 3 aromatic rings. The van der Waals surface area contributed by atoms with E-state index in [0.717, 1.165) is 10.9 Å². The molecule has 2 fully saturated rings. The number of benzene rings is 2. The molecular weight excluding hydrogens is 1020 g/mol. The van der Waals surface area contributed by atoms with Crippen LogP contribution in [-0.4, -0.2) is 149 Å². The molecule has 2 aromatic carbocycles. The van der Waals surface area contributed by atoms with Crippen LogP contribution in [0.2, 0.25) is 0 Å². The van der Waals surface area contributed by atoms with Crippen molar-refractivity contribution in [2.45, 2.75) is 139 Å². The summed E-state index contributed by atoms with van der Waals surface area (Å²) in [7, 11) is 0. The van der Waals surface area contributed by atoms with Crippen molar-refractivity contribution in [3.63, 3.8) is 0 Å². The average Bonchev–Trinajstić information content (AvgIpc) is 4.20. The van der Waals surface area contributed by atoms with Gasteiger partial charge in [0.25, 0.3) is 0 Å². The number of guanidine groups is 2. The zero-order valence-corrected chi connectivity index (χ0v) is 44.5. The molecule has 10 amide bonds. The molecule has 79 heavy (non-hydrogen) atoms. The number of nitrogens with two attached hydrogens (primary N) is 6. The van der Waals surface area contributed by atoms with Crippen LogP contribution >= 0.6 is 0 Å². The number of hydrogen-bond donors (Lipinski definition) is 14. The van der Waals surface area contributed by atoms with E-state index < -0.39 is 108 Å². The molecule has 0 unspecified atom stereocenters. The van der Waals surface area contributed by atoms with E-state index in [1.807, 2.05) is 38.1 Å². The fraction of sp³-hybridized carbons (Fsp3) is 0.500. The SMILES string of the molecule is CC(C)C[C@H](NC(=O)[C@H](Cc1ccccc1)NC(=O)[C@@H]1CCC(=O)N1)C(=O)N[C@@H](Cc1c[nH]c2ccccc12)C(=O)N[C@@H](CCCN=C(N)N)C(=O)N1CCC[C@H]1C(=O)N[C@@H](CCCN=C(N)N)C(=O)N[C@@H](CC(N)=O)C(N)=O. The van der Waals surface area contributed by atoms with E-state index in [4.69, 9.17) is 34.4 Å². The molecule has 20 N–H and O–H groups in total. The predicted octanol–water partition coefficient (Wildman–Crippen LogP) is -3.35. The molecule has 27 nitrogen and oxygen atoms in total. The molecule has 5 rings (SSSR count). The fourth-order valence-electron chi connectivity index (χ4n) is 9.39. The lowest BCUT2D eigenvalue weighted by atomic mass is 9.99. The summed E-state index contributed by atoms with van der Waals surface area (Å²) in [4.78, 5) is 148. The standard InChI is InChI=1S/C52H75N17O10/c1-28(2)23-37(66-47(76)38(24-29-11-4-3-5-12-29)67-45(74)34-18-19-42(71)62-34)46(75)68-39(25-30-27-61-32-14-7-6-13-31(30)32)48(77)64-35(16-9-21-60-52(57)58)50(79)69-22-10-17-40(69)49(78)63-33(15-8-20-59-51(55)56)44(73)65-36(43(54)72)26-41(53)70/h3-7,11-14,27-28,33-40,61H,8-10,15-26H2,1-2H3,(H2,53,70)(H2,54,72)(H,62,71)(H,63,78)(H,64,77)(H,65,73)(H,66,76)(H,67,74)(H,68,75)(H4,55,56,59)(H4,57,58,60)/t33-,34-,35-,36-,37-,38-,39-,40-/m0/s1. The molecule has 3 heterocycles. The monoisotopic (exact) mass is 1100 g/mol. The number of likely N-dealkylation sites (tertiary alicyclic amines) is 1. The normalized spacial score (nSPS) is 17.2. The maximum Gasteiger partial charge on any atom is 0.245 e. The Hall–Kier alpha value is -8.78. The average molecular weight is 1100 g/mol. The van der Waals surface area contributed by atoms with Gasteiger partial charge in [0.15, 0.2) is 11.9 Å². The van der Waals surface area contributed by atoms with E-state index >= 15 is 0 Å². The summed E-state index contributed by atoms with van der Waals surface area (Å²) in [6.45, 7) is 3.86. The second kappa shape index (κ2) is 29.7. The van der Waals surface area contributed by atoms with Gasteiger partial charge < -0.3 is 81.5 Å². The molecule has 0 spiro atoms. The molecule has 1 aromatic heterocycles. The van der Waals surface area contributed by atoms with E-state index in [1.54, 1.807) is 36.5 Å². The first-order chi connectivity index (χ1) is 37.6. The van der Waals surface area contributed by atoms with Crippen molar-refractivity contribution in [2.24, 2.45) is 50.3 Å². The van der Waals surface area contributed by atoms with Gasteiger partial charge >= 0.3 is 0 Å². The first-order valence-electron chi connectivity index (χ1n) is 26.3. The van der Waals surface area contributed by atoms with E-state index in [2.05, 4.69) is 52.2 Å². The van der Waals surface area contributed by atoms with E-state index in [1.165, 1.54) is 4.90 Å². The first-order valence-corrected chi connectivity index (χ1v) is 26.3. The molecule has 0 radical (unpaired) electrons. The second-order valence-corrected chi connectivity index (χ2v) is 20.1. The van der Waals surface area contributed by atoms with Crippen LogP contribution in [-0.2, 0) is 60.8 Å². The van der Waals surface area contributed by atoms with E-state index in [9.17, 15) is 47.9 Å². The van der Waals surface area contributed by atoms with Gasteiger partial charge in [-0.15, -0.1) is 0 Å². The van der Waals surface area contributed by atoms with E-state index in [0.29, 0.717) is 17.5 Å². The lowest BCUT2D eigenvalue weighted by Gasteiger charge is -2.31. The second-order valence-electron chi connectivity index (χ2n) is 20.1. The molecule has 428 valence electrons. The van der Waals surface area contributed by atoms with Crippen LogP contribution in [0.25, 0.3) is 10.9 Å². The number of para-hydroxylation sites is 1. The molecule has 0 aliphatic carbocycles. The Labute approximate surface area is 456 Å². The minimum Gasteiger partial charge on any atom is -0.370 e. The van der Waals surface area contributed by atoms with Gasteiger partial charge in [-0.25, -0.2) is 0 Å². The minimum absolute atomic E-state index is 0.0464. The number of aromatic nitrogens is 1. The van der Waals surface area contributed by atoms with Crippen LogP contribution in [0.5, 0.6) is 0 Å². The maximum atomic E-state index is 14.9. The van der Waals surface area contributed by atoms with Gasteiger partial charge in [0, 0.05) is 56.0 Å². The number of carbonyl (C=O) groups excluding carboxylic acids is 10. The number of fused-ring (bicyclic) bond motifs is 1. The maximum absolute atomic E-state index is 14.9. The smallest absolute Gasteiger partial charge is 0.245 e. The number of nitrogens with zero attached hydrogens (tertiary/aromatic N) is 3. The first kappa shape index (κ1) is 61.1. The molecule has 0 bridgehead atoms. The lowest BCUT2D eigenvalue weighted by molar-refractivity contribution is -0.142. The quantitative estimate of drug-likeness (QED) is 0.0176. The van der Waals surface area contributed by atoms with Crippen molar-refractivity contribution in [2.75, 3.05) is 19.6 Å². The van der Waals surface area contributed by atoms with Gasteiger partial charge in [0.05, 0.1) is 6.42 Å². The predicted molar refractivity (Wildman–Crippen MR) is 292 cm³/mol. The number of aromatic amines is 1. The number of carbonyl (C=O) groups is 10. The van der Waals surface area contributed by atoms with Crippen LogP contribution in [0.1, 0.15) is 89.2 Å². The highest BCUT2D eigenvalue weighted by atomic mass is 16.2. The third-order valence-corrected chi connectivity index (χ3v) is 13.3. The summed E-state index contributed by atoms with van der Waals surface area (Å²) in [6.07, 6.45) is 2.25. The van der Waals surface area contributed by atoms with E-state index in [-0.39, 0.29) is 108 Å². The highest BCUT2D eigenvalue weighted by molar-refractivity contribution is 5.99. The molecule has 8 atom stereocenters. The number of aliphatic imine (C=N–C) groups is 2. The van der Waals surface area contributed by atoms with Gasteiger partial charge in [-0.05, 0) is 74.5 Å². The van der Waals surface area contributed by atoms with Crippen molar-refractivity contribution >= 4 is 81.9 Å². The molecular formula is C52H75N17O10. The van der Waals surface area contributed by atoms with Crippen LogP contribution in [0, 0.1) is 5.92 Å². The zero-order valence-electron chi connectivity index (χ0n) is 44.5. The number of amides is 10. The highest BCUT2D eigenvalue weighted by Crippen LogP contribution is 2.23. The summed E-state index contributed by atoms with van der Waals surface area (Å²) < 4.78 is 0. The summed E-state index contributed by atoms with van der Waals surface area (Å²) in [6, 6.07) is 6.25. The summed E-state index contributed by atoms with van der Waals surface area (Å²) in [5.41, 5.74) is 34.9. The van der Waals surface area contributed by atoms with Crippen molar-refractivity contribution < 1.29 is 47.9 Å². The van der Waals surface area contributed by atoms with Crippen molar-refractivity contribution in [3.05, 3.63) is 71.9 Å². The molecule has 2 aliphatic rings. The Kier molecular flexibility index (Phi) is 22.9. The minimum atomic E-state index is -1.50. The van der Waals surface area contributed by atoms with Gasteiger partial charge in [0.2, 0.25) is 59.1 Å². The number of rotatable bonds is 30. The van der Waals surface area contributed by atoms with Crippen molar-refractivity contribution in [1.29, 1.82) is 0 Å². The third-order valence-electron chi connectivity index (χ3n) is 13.3. The summed E-state index contributed by atoms with van der Waals surface area (Å²) >= 11 is 0. The fourth-order valence-corrected chi connectivity index (χ4v) is 9.39. The number of nitrogens with one attached hydrogen (secondary N) is 8. The van der Waals surface area contributed by atoms with Crippen LogP contribution in [0.3, 0.4) is 0 Å². The van der Waals surface area contributed by atoms with Gasteiger partial charge in [0.1, 0.15) is 48.3 Å². The molecule has 2 aliphatic heterocycles. The Morgan fingerprint density at radius 2 is 1.20 bits per heavy atom. The number of primary amides is 2. The van der Waals surface area contributed by atoms with Crippen LogP contribution in [0.15, 0.2) is 70.8 Å². The highest BCUT2D eigenvalue weighted by Gasteiger charge is 2.41.